The van der Waals surface area contributed by atoms with Crippen molar-refractivity contribution in [3.8, 4) is 11.5 Å². The predicted octanol–water partition coefficient (Wildman–Crippen LogP) is 3.73. The summed E-state index contributed by atoms with van der Waals surface area (Å²) in [6.07, 6.45) is 1.07. The molecule has 0 saturated carbocycles. The van der Waals surface area contributed by atoms with Crippen LogP contribution in [0.1, 0.15) is 34.1 Å². The minimum absolute atomic E-state index is 0.541. The lowest BCUT2D eigenvalue weighted by atomic mass is 9.92. The zero-order valence-corrected chi connectivity index (χ0v) is 13.5. The Kier molecular flexibility index (Phi) is 7.45. The van der Waals surface area contributed by atoms with Crippen LogP contribution < -0.4 is 14.8 Å². The van der Waals surface area contributed by atoms with E-state index < -0.39 is 0 Å². The normalized spacial score (nSPS) is 12.8. The Morgan fingerprint density at radius 1 is 1.00 bits per heavy atom. The number of nitrogens with one attached hydrogen (secondary N) is 1. The van der Waals surface area contributed by atoms with E-state index in [4.69, 9.17) is 9.47 Å². The molecule has 0 heterocycles. The Morgan fingerprint density at radius 2 is 1.60 bits per heavy atom. The van der Waals surface area contributed by atoms with E-state index in [-0.39, 0.29) is 0 Å². The SMILES string of the molecule is COc1ccc(OCCC(CNC(C)C)C(C)C)cc1. The molecule has 0 spiro atoms. The average molecular weight is 279 g/mol. The van der Waals surface area contributed by atoms with Gasteiger partial charge in [-0.2, -0.15) is 0 Å². The molecule has 0 fully saturated rings. The van der Waals surface area contributed by atoms with Crippen LogP contribution in [0, 0.1) is 11.8 Å². The molecular formula is C17H29NO2. The summed E-state index contributed by atoms with van der Waals surface area (Å²) in [6.45, 7) is 10.7. The van der Waals surface area contributed by atoms with E-state index >= 15 is 0 Å². The Labute approximate surface area is 123 Å². The molecule has 3 heteroatoms. The monoisotopic (exact) mass is 279 g/mol. The van der Waals surface area contributed by atoms with Gasteiger partial charge in [0.1, 0.15) is 11.5 Å². The maximum Gasteiger partial charge on any atom is 0.119 e. The molecular weight excluding hydrogens is 250 g/mol. The molecule has 0 aliphatic heterocycles. The molecule has 1 aromatic rings. The molecule has 0 aliphatic carbocycles. The maximum atomic E-state index is 5.81. The average Bonchev–Trinajstić information content (AvgIpc) is 2.42. The molecule has 114 valence electrons. The van der Waals surface area contributed by atoms with Crippen molar-refractivity contribution in [1.29, 1.82) is 0 Å². The van der Waals surface area contributed by atoms with Crippen molar-refractivity contribution in [2.24, 2.45) is 11.8 Å². The first-order valence-electron chi connectivity index (χ1n) is 7.53. The number of hydrogen-bond donors (Lipinski definition) is 1. The highest BCUT2D eigenvalue weighted by molar-refractivity contribution is 5.31. The van der Waals surface area contributed by atoms with Gasteiger partial charge in [0.25, 0.3) is 0 Å². The number of hydrogen-bond acceptors (Lipinski definition) is 3. The van der Waals surface area contributed by atoms with Crippen LogP contribution in [0.5, 0.6) is 11.5 Å². The van der Waals surface area contributed by atoms with Gasteiger partial charge in [0, 0.05) is 6.04 Å². The molecule has 3 nitrogen and oxygen atoms in total. The number of rotatable bonds is 9. The van der Waals surface area contributed by atoms with Crippen LogP contribution in [0.4, 0.5) is 0 Å². The highest BCUT2D eigenvalue weighted by Gasteiger charge is 2.13. The molecule has 0 radical (unpaired) electrons. The molecule has 0 amide bonds. The molecule has 1 atom stereocenters. The minimum Gasteiger partial charge on any atom is -0.497 e. The minimum atomic E-state index is 0.541. The van der Waals surface area contributed by atoms with Crippen LogP contribution >= 0.6 is 0 Å². The van der Waals surface area contributed by atoms with E-state index in [9.17, 15) is 0 Å². The topological polar surface area (TPSA) is 30.5 Å². The molecule has 0 aliphatic rings. The number of methoxy groups -OCH3 is 1. The summed E-state index contributed by atoms with van der Waals surface area (Å²) in [6, 6.07) is 8.30. The van der Waals surface area contributed by atoms with Crippen LogP contribution in [0.2, 0.25) is 0 Å². The van der Waals surface area contributed by atoms with Gasteiger partial charge in [-0.15, -0.1) is 0 Å². The van der Waals surface area contributed by atoms with E-state index in [1.807, 2.05) is 24.3 Å². The fraction of sp³-hybridized carbons (Fsp3) is 0.647. The third-order valence-electron chi connectivity index (χ3n) is 3.55. The van der Waals surface area contributed by atoms with Crippen LogP contribution in [-0.2, 0) is 0 Å². The smallest absolute Gasteiger partial charge is 0.119 e. The first kappa shape index (κ1) is 16.8. The van der Waals surface area contributed by atoms with Crippen molar-refractivity contribution in [1.82, 2.24) is 5.32 Å². The Bertz CT molecular complexity index is 360. The molecule has 1 unspecified atom stereocenters. The molecule has 0 saturated heterocycles. The zero-order valence-electron chi connectivity index (χ0n) is 13.5. The van der Waals surface area contributed by atoms with Gasteiger partial charge < -0.3 is 14.8 Å². The van der Waals surface area contributed by atoms with Crippen molar-refractivity contribution in [3.05, 3.63) is 24.3 Å². The molecule has 1 rings (SSSR count). The third-order valence-corrected chi connectivity index (χ3v) is 3.55. The molecule has 20 heavy (non-hydrogen) atoms. The van der Waals surface area contributed by atoms with Crippen LogP contribution in [0.25, 0.3) is 0 Å². The summed E-state index contributed by atoms with van der Waals surface area (Å²) >= 11 is 0. The summed E-state index contributed by atoms with van der Waals surface area (Å²) in [7, 11) is 1.67. The van der Waals surface area contributed by atoms with Crippen molar-refractivity contribution in [3.63, 3.8) is 0 Å². The van der Waals surface area contributed by atoms with Crippen LogP contribution in [0.3, 0.4) is 0 Å². The number of benzene rings is 1. The second-order valence-corrected chi connectivity index (χ2v) is 5.88. The van der Waals surface area contributed by atoms with Gasteiger partial charge in [-0.25, -0.2) is 0 Å². The lowest BCUT2D eigenvalue weighted by Gasteiger charge is -2.22. The number of ether oxygens (including phenoxy) is 2. The molecule has 0 aromatic heterocycles. The van der Waals surface area contributed by atoms with E-state index in [1.165, 1.54) is 0 Å². The van der Waals surface area contributed by atoms with Crippen molar-refractivity contribution >= 4 is 0 Å². The fourth-order valence-electron chi connectivity index (χ4n) is 2.06. The van der Waals surface area contributed by atoms with E-state index in [0.717, 1.165) is 31.1 Å². The van der Waals surface area contributed by atoms with Gasteiger partial charge in [0.15, 0.2) is 0 Å². The quantitative estimate of drug-likeness (QED) is 0.747. The lowest BCUT2D eigenvalue weighted by molar-refractivity contribution is 0.241. The largest absolute Gasteiger partial charge is 0.497 e. The first-order chi connectivity index (χ1) is 9.52. The second-order valence-electron chi connectivity index (χ2n) is 5.88. The molecule has 1 aromatic carbocycles. The Morgan fingerprint density at radius 3 is 2.10 bits per heavy atom. The first-order valence-corrected chi connectivity index (χ1v) is 7.53. The van der Waals surface area contributed by atoms with Crippen molar-refractivity contribution in [2.45, 2.75) is 40.2 Å². The van der Waals surface area contributed by atoms with Gasteiger partial charge >= 0.3 is 0 Å². The summed E-state index contributed by atoms with van der Waals surface area (Å²) < 4.78 is 10.9. The second kappa shape index (κ2) is 8.85. The lowest BCUT2D eigenvalue weighted by Crippen LogP contribution is -2.32. The standard InChI is InChI=1S/C17H29NO2/c1-13(2)15(12-18-14(3)4)10-11-20-17-8-6-16(19-5)7-9-17/h6-9,13-15,18H,10-12H2,1-5H3. The van der Waals surface area contributed by atoms with Crippen LogP contribution in [-0.4, -0.2) is 26.3 Å². The van der Waals surface area contributed by atoms with Gasteiger partial charge in [0.05, 0.1) is 13.7 Å². The molecule has 0 bridgehead atoms. The van der Waals surface area contributed by atoms with E-state index in [0.29, 0.717) is 17.9 Å². The third kappa shape index (κ3) is 6.29. The van der Waals surface area contributed by atoms with Gasteiger partial charge in [-0.1, -0.05) is 27.7 Å². The summed E-state index contributed by atoms with van der Waals surface area (Å²) in [5.41, 5.74) is 0. The van der Waals surface area contributed by atoms with E-state index in [1.54, 1.807) is 7.11 Å². The summed E-state index contributed by atoms with van der Waals surface area (Å²) in [5.74, 6) is 3.08. The summed E-state index contributed by atoms with van der Waals surface area (Å²) in [4.78, 5) is 0. The van der Waals surface area contributed by atoms with E-state index in [2.05, 4.69) is 33.0 Å². The predicted molar refractivity (Wildman–Crippen MR) is 84.6 cm³/mol. The van der Waals surface area contributed by atoms with Gasteiger partial charge in [0.2, 0.25) is 0 Å². The zero-order chi connectivity index (χ0) is 15.0. The maximum absolute atomic E-state index is 5.81. The fourth-order valence-corrected chi connectivity index (χ4v) is 2.06. The van der Waals surface area contributed by atoms with Crippen molar-refractivity contribution in [2.75, 3.05) is 20.3 Å². The van der Waals surface area contributed by atoms with Crippen LogP contribution in [0.15, 0.2) is 24.3 Å². The Hall–Kier alpha value is -1.22. The van der Waals surface area contributed by atoms with Gasteiger partial charge in [-0.3, -0.25) is 0 Å². The van der Waals surface area contributed by atoms with Crippen molar-refractivity contribution < 1.29 is 9.47 Å². The summed E-state index contributed by atoms with van der Waals surface area (Å²) in [5, 5.41) is 3.52. The highest BCUT2D eigenvalue weighted by atomic mass is 16.5. The Balaban J connectivity index is 2.35. The molecule has 1 N–H and O–H groups in total. The van der Waals surface area contributed by atoms with Gasteiger partial charge in [-0.05, 0) is 49.1 Å². The highest BCUT2D eigenvalue weighted by Crippen LogP contribution is 2.19.